The summed E-state index contributed by atoms with van der Waals surface area (Å²) in [5.74, 6) is -2.71. The molecular weight excluding hydrogens is 146 g/mol. The quantitative estimate of drug-likeness (QED) is 0.583. The molecule has 0 nitrogen and oxygen atoms in total. The molecule has 1 rings (SSSR count). The van der Waals surface area contributed by atoms with Gasteiger partial charge in [0.1, 0.15) is 0 Å². The predicted octanol–water partition coefficient (Wildman–Crippen LogP) is 3.47. The van der Waals surface area contributed by atoms with Gasteiger partial charge in [-0.25, -0.2) is 8.78 Å². The van der Waals surface area contributed by atoms with Crippen LogP contribution in [0.5, 0.6) is 0 Å². The highest BCUT2D eigenvalue weighted by molar-refractivity contribution is 4.89. The van der Waals surface area contributed by atoms with Crippen LogP contribution < -0.4 is 0 Å². The molecule has 1 aliphatic carbocycles. The van der Waals surface area contributed by atoms with Crippen LogP contribution >= 0.6 is 0 Å². The molecule has 0 aromatic carbocycles. The smallest absolute Gasteiger partial charge is 0.207 e. The second-order valence-electron chi connectivity index (χ2n) is 4.77. The van der Waals surface area contributed by atoms with Crippen molar-refractivity contribution in [3.8, 4) is 0 Å². The Kier molecular flexibility index (Phi) is 1.97. The van der Waals surface area contributed by atoms with Gasteiger partial charge >= 0.3 is 0 Å². The summed E-state index contributed by atoms with van der Waals surface area (Å²) in [6.07, 6.45) is 1.48. The van der Waals surface area contributed by atoms with Crippen LogP contribution in [0.3, 0.4) is 0 Å². The normalized spacial score (nSPS) is 20.5. The highest BCUT2D eigenvalue weighted by Crippen LogP contribution is 2.48. The third kappa shape index (κ3) is 2.76. The van der Waals surface area contributed by atoms with Gasteiger partial charge in [-0.05, 0) is 18.3 Å². The van der Waals surface area contributed by atoms with E-state index in [0.717, 1.165) is 12.8 Å². The van der Waals surface area contributed by atoms with E-state index in [0.29, 0.717) is 0 Å². The molecule has 0 aromatic heterocycles. The van der Waals surface area contributed by atoms with E-state index in [-0.39, 0.29) is 17.8 Å². The molecule has 2 heteroatoms. The predicted molar refractivity (Wildman–Crippen MR) is 41.7 cm³/mol. The number of hydrogen-bond acceptors (Lipinski definition) is 0. The van der Waals surface area contributed by atoms with E-state index in [1.165, 1.54) is 0 Å². The fourth-order valence-corrected chi connectivity index (χ4v) is 1.36. The molecule has 1 aliphatic rings. The van der Waals surface area contributed by atoms with Crippen molar-refractivity contribution in [2.45, 2.75) is 46.0 Å². The van der Waals surface area contributed by atoms with Gasteiger partial charge in [-0.15, -0.1) is 0 Å². The van der Waals surface area contributed by atoms with E-state index in [1.807, 2.05) is 20.8 Å². The van der Waals surface area contributed by atoms with Crippen molar-refractivity contribution in [3.63, 3.8) is 0 Å². The van der Waals surface area contributed by atoms with Gasteiger partial charge in [0.2, 0.25) is 0 Å². The summed E-state index contributed by atoms with van der Waals surface area (Å²) in [6, 6.07) is 0. The molecule has 0 aromatic rings. The maximum Gasteiger partial charge on any atom is 0.251 e. The molecule has 0 bridgehead atoms. The Balaban J connectivity index is 2.45. The second kappa shape index (κ2) is 2.43. The average Bonchev–Trinajstić information content (AvgIpc) is 2.30. The summed E-state index contributed by atoms with van der Waals surface area (Å²) in [7, 11) is 0. The Morgan fingerprint density at radius 2 is 1.64 bits per heavy atom. The summed E-state index contributed by atoms with van der Waals surface area (Å²) >= 11 is 0. The summed E-state index contributed by atoms with van der Waals surface area (Å²) in [5.41, 5.74) is -0.244. The Hall–Kier alpha value is -0.140. The number of alkyl halides is 2. The highest BCUT2D eigenvalue weighted by Gasteiger charge is 2.48. The second-order valence-corrected chi connectivity index (χ2v) is 4.77. The molecule has 0 N–H and O–H groups in total. The zero-order chi connectivity index (χ0) is 8.70. The lowest BCUT2D eigenvalue weighted by atomic mass is 9.87. The molecule has 0 heterocycles. The van der Waals surface area contributed by atoms with Crippen LogP contribution in [-0.2, 0) is 0 Å². The molecule has 0 spiro atoms. The van der Waals surface area contributed by atoms with Gasteiger partial charge in [0.15, 0.2) is 0 Å². The first kappa shape index (κ1) is 8.95. The Morgan fingerprint density at radius 1 is 1.18 bits per heavy atom. The van der Waals surface area contributed by atoms with Crippen molar-refractivity contribution in [1.82, 2.24) is 0 Å². The van der Waals surface area contributed by atoms with Gasteiger partial charge in [-0.2, -0.15) is 0 Å². The fourth-order valence-electron chi connectivity index (χ4n) is 1.36. The molecule has 1 fully saturated rings. The molecule has 0 saturated heterocycles. The monoisotopic (exact) mass is 162 g/mol. The van der Waals surface area contributed by atoms with Crippen LogP contribution in [0.25, 0.3) is 0 Å². The van der Waals surface area contributed by atoms with E-state index in [4.69, 9.17) is 0 Å². The van der Waals surface area contributed by atoms with Crippen LogP contribution in [0.15, 0.2) is 0 Å². The molecule has 0 radical (unpaired) electrons. The largest absolute Gasteiger partial charge is 0.251 e. The lowest BCUT2D eigenvalue weighted by molar-refractivity contribution is -0.0560. The van der Waals surface area contributed by atoms with E-state index >= 15 is 0 Å². The van der Waals surface area contributed by atoms with E-state index < -0.39 is 5.92 Å². The molecule has 66 valence electrons. The van der Waals surface area contributed by atoms with Gasteiger partial charge in [0.25, 0.3) is 5.92 Å². The van der Waals surface area contributed by atoms with Crippen molar-refractivity contribution < 1.29 is 8.78 Å². The first-order chi connectivity index (χ1) is 4.81. The van der Waals surface area contributed by atoms with Crippen molar-refractivity contribution in [1.29, 1.82) is 0 Å². The van der Waals surface area contributed by atoms with Crippen LogP contribution in [0.4, 0.5) is 8.78 Å². The summed E-state index contributed by atoms with van der Waals surface area (Å²) in [6.45, 7) is 5.59. The summed E-state index contributed by atoms with van der Waals surface area (Å²) < 4.78 is 26.2. The Bertz CT molecular complexity index is 140. The van der Waals surface area contributed by atoms with Gasteiger partial charge in [-0.1, -0.05) is 20.8 Å². The van der Waals surface area contributed by atoms with Gasteiger partial charge in [0, 0.05) is 12.3 Å². The Labute approximate surface area is 67.0 Å². The van der Waals surface area contributed by atoms with Crippen LogP contribution in [0.1, 0.15) is 40.0 Å². The standard InChI is InChI=1S/C9H16F2/c1-8(2,3)6-9(10,11)7-4-5-7/h7H,4-6H2,1-3H3. The first-order valence-corrected chi connectivity index (χ1v) is 4.19. The van der Waals surface area contributed by atoms with Crippen LogP contribution in [-0.4, -0.2) is 5.92 Å². The molecule has 0 unspecified atom stereocenters. The van der Waals surface area contributed by atoms with E-state index in [1.54, 1.807) is 0 Å². The molecule has 11 heavy (non-hydrogen) atoms. The van der Waals surface area contributed by atoms with Crippen LogP contribution in [0.2, 0.25) is 0 Å². The van der Waals surface area contributed by atoms with Gasteiger partial charge in [0.05, 0.1) is 0 Å². The van der Waals surface area contributed by atoms with Gasteiger partial charge < -0.3 is 0 Å². The molecule has 0 amide bonds. The number of hydrogen-bond donors (Lipinski definition) is 0. The SMILES string of the molecule is CC(C)(C)CC(F)(F)C1CC1. The fraction of sp³-hybridized carbons (Fsp3) is 1.00. The van der Waals surface area contributed by atoms with Gasteiger partial charge in [-0.3, -0.25) is 0 Å². The lowest BCUT2D eigenvalue weighted by Crippen LogP contribution is -2.26. The average molecular weight is 162 g/mol. The molecule has 1 saturated carbocycles. The summed E-state index contributed by atoms with van der Waals surface area (Å²) in [4.78, 5) is 0. The molecule has 0 atom stereocenters. The maximum absolute atomic E-state index is 13.1. The van der Waals surface area contributed by atoms with Crippen LogP contribution in [0, 0.1) is 11.3 Å². The molecular formula is C9H16F2. The summed E-state index contributed by atoms with van der Waals surface area (Å²) in [5, 5.41) is 0. The van der Waals surface area contributed by atoms with Crippen molar-refractivity contribution in [3.05, 3.63) is 0 Å². The molecule has 0 aliphatic heterocycles. The third-order valence-electron chi connectivity index (χ3n) is 1.94. The van der Waals surface area contributed by atoms with Crippen molar-refractivity contribution in [2.75, 3.05) is 0 Å². The Morgan fingerprint density at radius 3 is 1.91 bits per heavy atom. The van der Waals surface area contributed by atoms with Crippen molar-refractivity contribution in [2.24, 2.45) is 11.3 Å². The third-order valence-corrected chi connectivity index (χ3v) is 1.94. The lowest BCUT2D eigenvalue weighted by Gasteiger charge is -2.25. The highest BCUT2D eigenvalue weighted by atomic mass is 19.3. The number of halogens is 2. The zero-order valence-corrected chi connectivity index (χ0v) is 7.45. The number of rotatable bonds is 2. The van der Waals surface area contributed by atoms with Crippen molar-refractivity contribution >= 4 is 0 Å². The van der Waals surface area contributed by atoms with E-state index in [9.17, 15) is 8.78 Å². The minimum Gasteiger partial charge on any atom is -0.207 e. The zero-order valence-electron chi connectivity index (χ0n) is 7.45. The maximum atomic E-state index is 13.1. The van der Waals surface area contributed by atoms with E-state index in [2.05, 4.69) is 0 Å². The minimum absolute atomic E-state index is 0.0324. The topological polar surface area (TPSA) is 0 Å². The first-order valence-electron chi connectivity index (χ1n) is 4.19. The minimum atomic E-state index is -2.40.